The molecule has 1 N–H and O–H groups in total. The van der Waals surface area contributed by atoms with E-state index < -0.39 is 5.60 Å². The van der Waals surface area contributed by atoms with E-state index in [9.17, 15) is 9.90 Å². The maximum Gasteiger partial charge on any atom is 0.225 e. The maximum absolute atomic E-state index is 12.9. The van der Waals surface area contributed by atoms with Gasteiger partial charge in [-0.3, -0.25) is 9.69 Å². The second-order valence-electron chi connectivity index (χ2n) is 9.77. The highest BCUT2D eigenvalue weighted by Gasteiger charge is 2.38. The van der Waals surface area contributed by atoms with E-state index in [0.717, 1.165) is 62.1 Å². The lowest BCUT2D eigenvalue weighted by Crippen LogP contribution is -2.47. The van der Waals surface area contributed by atoms with Gasteiger partial charge < -0.3 is 14.9 Å². The van der Waals surface area contributed by atoms with E-state index in [4.69, 9.17) is 4.98 Å². The minimum absolute atomic E-state index is 0.203. The monoisotopic (exact) mass is 469 g/mol. The molecule has 2 aromatic heterocycles. The first-order chi connectivity index (χ1) is 16.1. The predicted octanol–water partition coefficient (Wildman–Crippen LogP) is 3.25. The molecular formula is C25H35N5O2S. The molecule has 3 fully saturated rings. The minimum atomic E-state index is -0.907. The predicted molar refractivity (Wildman–Crippen MR) is 130 cm³/mol. The molecule has 0 aromatic carbocycles. The number of thiazole rings is 1. The molecule has 2 aliphatic heterocycles. The first-order valence-electron chi connectivity index (χ1n) is 12.5. The van der Waals surface area contributed by atoms with E-state index in [-0.39, 0.29) is 5.92 Å². The van der Waals surface area contributed by atoms with Gasteiger partial charge in [0, 0.05) is 56.8 Å². The molecule has 0 atom stereocenters. The number of carbonyl (C=O) groups is 1. The highest BCUT2D eigenvalue weighted by Crippen LogP contribution is 2.35. The molecule has 5 rings (SSSR count). The Hall–Kier alpha value is -2.03. The van der Waals surface area contributed by atoms with Crippen LogP contribution in [0.1, 0.15) is 55.6 Å². The van der Waals surface area contributed by atoms with E-state index in [1.165, 1.54) is 19.3 Å². The van der Waals surface area contributed by atoms with Crippen LogP contribution >= 0.6 is 11.3 Å². The van der Waals surface area contributed by atoms with Gasteiger partial charge in [-0.15, -0.1) is 11.3 Å². The zero-order valence-corrected chi connectivity index (χ0v) is 20.2. The van der Waals surface area contributed by atoms with Crippen molar-refractivity contribution in [3.63, 3.8) is 0 Å². The number of piperazine rings is 1. The first kappa shape index (κ1) is 22.7. The second kappa shape index (κ2) is 10.1. The summed E-state index contributed by atoms with van der Waals surface area (Å²) in [4.78, 5) is 28.9. The Kier molecular flexibility index (Phi) is 6.94. The maximum atomic E-state index is 12.9. The molecule has 7 nitrogen and oxygen atoms in total. The zero-order chi connectivity index (χ0) is 22.7. The number of pyridine rings is 1. The lowest BCUT2D eigenvalue weighted by molar-refractivity contribution is -0.141. The molecule has 0 spiro atoms. The zero-order valence-electron chi connectivity index (χ0n) is 19.4. The highest BCUT2D eigenvalue weighted by atomic mass is 32.1. The number of anilines is 1. The number of likely N-dealkylation sites (tertiary alicyclic amines) is 1. The molecule has 4 heterocycles. The highest BCUT2D eigenvalue weighted by molar-refractivity contribution is 7.09. The summed E-state index contributed by atoms with van der Waals surface area (Å²) in [6, 6.07) is 6.05. The summed E-state index contributed by atoms with van der Waals surface area (Å²) in [7, 11) is 0. The first-order valence-corrected chi connectivity index (χ1v) is 13.3. The van der Waals surface area contributed by atoms with E-state index in [1.807, 2.05) is 28.6 Å². The summed E-state index contributed by atoms with van der Waals surface area (Å²) in [5, 5.41) is 14.4. The Morgan fingerprint density at radius 1 is 1.06 bits per heavy atom. The van der Waals surface area contributed by atoms with Gasteiger partial charge in [0.05, 0.1) is 12.2 Å². The third kappa shape index (κ3) is 5.23. The molecule has 178 valence electrons. The number of carbonyl (C=O) groups excluding carboxylic acids is 1. The molecule has 1 amide bonds. The molecule has 0 unspecified atom stereocenters. The topological polar surface area (TPSA) is 72.8 Å². The number of aromatic nitrogens is 2. The minimum Gasteiger partial charge on any atom is -0.383 e. The van der Waals surface area contributed by atoms with E-state index in [0.29, 0.717) is 31.8 Å². The van der Waals surface area contributed by atoms with Gasteiger partial charge in [-0.05, 0) is 37.8 Å². The Bertz CT molecular complexity index is 914. The van der Waals surface area contributed by atoms with Crippen LogP contribution in [0.3, 0.4) is 0 Å². The van der Waals surface area contributed by atoms with Gasteiger partial charge in [0.25, 0.3) is 0 Å². The summed E-state index contributed by atoms with van der Waals surface area (Å²) >= 11 is 1.64. The Labute approximate surface area is 200 Å². The van der Waals surface area contributed by atoms with Gasteiger partial charge in [0.1, 0.15) is 16.4 Å². The van der Waals surface area contributed by atoms with Crippen molar-refractivity contribution in [1.82, 2.24) is 19.8 Å². The molecular weight excluding hydrogens is 434 g/mol. The van der Waals surface area contributed by atoms with Crippen molar-refractivity contribution in [2.45, 2.75) is 57.1 Å². The van der Waals surface area contributed by atoms with Crippen molar-refractivity contribution in [2.75, 3.05) is 44.2 Å². The molecule has 8 heteroatoms. The third-order valence-electron chi connectivity index (χ3n) is 7.59. The lowest BCUT2D eigenvalue weighted by atomic mass is 9.85. The fraction of sp³-hybridized carbons (Fsp3) is 0.640. The van der Waals surface area contributed by atoms with Crippen LogP contribution in [0.25, 0.3) is 0 Å². The van der Waals surface area contributed by atoms with Gasteiger partial charge in [-0.2, -0.15) is 0 Å². The second-order valence-corrected chi connectivity index (χ2v) is 10.7. The molecule has 3 aliphatic rings. The van der Waals surface area contributed by atoms with Crippen LogP contribution in [0, 0.1) is 5.92 Å². The SMILES string of the molecule is O=C(C1CCCCC1)N1CCC(O)(c2csc(CN3CCN(c4ccccn4)CC3)n2)CC1. The van der Waals surface area contributed by atoms with Crippen molar-refractivity contribution in [1.29, 1.82) is 0 Å². The normalized spacial score (nSPS) is 22.5. The van der Waals surface area contributed by atoms with Gasteiger partial charge in [0.2, 0.25) is 5.91 Å². The fourth-order valence-corrected chi connectivity index (χ4v) is 6.35. The van der Waals surface area contributed by atoms with Crippen LogP contribution in [0.2, 0.25) is 0 Å². The lowest BCUT2D eigenvalue weighted by Gasteiger charge is -2.39. The number of aliphatic hydroxyl groups is 1. The third-order valence-corrected chi connectivity index (χ3v) is 8.42. The summed E-state index contributed by atoms with van der Waals surface area (Å²) in [6.45, 7) is 5.97. The van der Waals surface area contributed by atoms with Crippen molar-refractivity contribution in [2.24, 2.45) is 5.92 Å². The number of amides is 1. The standard InChI is InChI=1S/C25H35N5O2S/c31-24(20-6-2-1-3-7-20)30-12-9-25(32,10-13-30)21-19-33-23(27-21)18-28-14-16-29(17-15-28)22-8-4-5-11-26-22/h4-5,8,11,19-20,32H,1-3,6-7,9-10,12-18H2. The van der Waals surface area contributed by atoms with Crippen molar-refractivity contribution >= 4 is 23.1 Å². The number of nitrogens with zero attached hydrogens (tertiary/aromatic N) is 5. The smallest absolute Gasteiger partial charge is 0.225 e. The Morgan fingerprint density at radius 2 is 1.82 bits per heavy atom. The van der Waals surface area contributed by atoms with Crippen LogP contribution in [0.5, 0.6) is 0 Å². The van der Waals surface area contributed by atoms with E-state index in [1.54, 1.807) is 11.3 Å². The summed E-state index contributed by atoms with van der Waals surface area (Å²) in [5.41, 5.74) is -0.116. The average molecular weight is 470 g/mol. The molecule has 33 heavy (non-hydrogen) atoms. The van der Waals surface area contributed by atoms with Crippen LogP contribution in [0.4, 0.5) is 5.82 Å². The number of hydrogen-bond donors (Lipinski definition) is 1. The van der Waals surface area contributed by atoms with E-state index >= 15 is 0 Å². The average Bonchev–Trinajstić information content (AvgIpc) is 3.35. The molecule has 0 bridgehead atoms. The van der Waals surface area contributed by atoms with Crippen LogP contribution in [-0.2, 0) is 16.9 Å². The van der Waals surface area contributed by atoms with Gasteiger partial charge in [-0.1, -0.05) is 25.3 Å². The van der Waals surface area contributed by atoms with Gasteiger partial charge in [0.15, 0.2) is 0 Å². The van der Waals surface area contributed by atoms with E-state index in [2.05, 4.69) is 20.9 Å². The summed E-state index contributed by atoms with van der Waals surface area (Å²) in [6.07, 6.45) is 8.68. The molecule has 0 radical (unpaired) electrons. The fourth-order valence-electron chi connectivity index (χ4n) is 5.43. The van der Waals surface area contributed by atoms with Gasteiger partial charge in [-0.25, -0.2) is 9.97 Å². The van der Waals surface area contributed by atoms with Crippen molar-refractivity contribution in [3.8, 4) is 0 Å². The Morgan fingerprint density at radius 3 is 2.52 bits per heavy atom. The Balaban J connectivity index is 1.12. The van der Waals surface area contributed by atoms with Gasteiger partial charge >= 0.3 is 0 Å². The molecule has 1 aliphatic carbocycles. The molecule has 1 saturated carbocycles. The number of piperidine rings is 1. The quantitative estimate of drug-likeness (QED) is 0.725. The van der Waals surface area contributed by atoms with Crippen LogP contribution in [0.15, 0.2) is 29.8 Å². The van der Waals surface area contributed by atoms with Crippen LogP contribution < -0.4 is 4.90 Å². The van der Waals surface area contributed by atoms with Crippen molar-refractivity contribution < 1.29 is 9.90 Å². The number of hydrogen-bond acceptors (Lipinski definition) is 7. The largest absolute Gasteiger partial charge is 0.383 e. The van der Waals surface area contributed by atoms with Crippen LogP contribution in [-0.4, -0.2) is 70.1 Å². The number of rotatable bonds is 5. The molecule has 2 aromatic rings. The molecule has 2 saturated heterocycles. The summed E-state index contributed by atoms with van der Waals surface area (Å²) < 4.78 is 0. The summed E-state index contributed by atoms with van der Waals surface area (Å²) in [5.74, 6) is 1.55. The van der Waals surface area contributed by atoms with Crippen molar-refractivity contribution in [3.05, 3.63) is 40.5 Å².